The summed E-state index contributed by atoms with van der Waals surface area (Å²) in [7, 11) is 1.73. The summed E-state index contributed by atoms with van der Waals surface area (Å²) in [6.45, 7) is 6.06. The van der Waals surface area contributed by atoms with Crippen molar-refractivity contribution in [2.75, 3.05) is 13.7 Å². The van der Waals surface area contributed by atoms with Crippen LogP contribution in [0.3, 0.4) is 0 Å². The van der Waals surface area contributed by atoms with Gasteiger partial charge in [0.05, 0.1) is 12.8 Å². The monoisotopic (exact) mass is 276 g/mol. The Morgan fingerprint density at radius 1 is 1.30 bits per heavy atom. The average molecular weight is 276 g/mol. The average Bonchev–Trinajstić information content (AvgIpc) is 2.94. The lowest BCUT2D eigenvalue weighted by Gasteiger charge is -2.13. The van der Waals surface area contributed by atoms with Crippen LogP contribution in [-0.2, 0) is 6.54 Å². The second-order valence-electron chi connectivity index (χ2n) is 6.02. The van der Waals surface area contributed by atoms with E-state index in [4.69, 9.17) is 4.74 Å². The van der Waals surface area contributed by atoms with Crippen LogP contribution in [0.25, 0.3) is 0 Å². The molecular weight excluding hydrogens is 248 g/mol. The largest absolute Gasteiger partial charge is 0.496 e. The summed E-state index contributed by atoms with van der Waals surface area (Å²) in [5.41, 5.74) is 3.37. The van der Waals surface area contributed by atoms with Gasteiger partial charge >= 0.3 is 0 Å². The molecule has 0 spiro atoms. The highest BCUT2D eigenvalue weighted by molar-refractivity contribution is 5.40. The molecule has 1 aromatic rings. The first-order valence-corrected chi connectivity index (χ1v) is 7.92. The first-order valence-electron chi connectivity index (χ1n) is 7.92. The maximum Gasteiger partial charge on any atom is 0.128 e. The fourth-order valence-corrected chi connectivity index (χ4v) is 3.27. The minimum atomic E-state index is 0.840. The molecule has 1 saturated carbocycles. The molecule has 0 saturated heterocycles. The number of pyridine rings is 1. The van der Waals surface area contributed by atoms with Gasteiger partial charge in [0.15, 0.2) is 0 Å². The van der Waals surface area contributed by atoms with E-state index < -0.39 is 0 Å². The lowest BCUT2D eigenvalue weighted by Crippen LogP contribution is -2.17. The molecule has 0 unspecified atom stereocenters. The third-order valence-electron chi connectivity index (χ3n) is 4.48. The molecule has 1 aromatic heterocycles. The van der Waals surface area contributed by atoms with E-state index in [-0.39, 0.29) is 0 Å². The lowest BCUT2D eigenvalue weighted by molar-refractivity contribution is 0.406. The molecule has 0 bridgehead atoms. The molecule has 1 N–H and O–H groups in total. The number of rotatable bonds is 7. The van der Waals surface area contributed by atoms with Gasteiger partial charge < -0.3 is 10.1 Å². The number of aryl methyl sites for hydroxylation is 1. The molecule has 1 aliphatic rings. The molecule has 0 amide bonds. The zero-order chi connectivity index (χ0) is 14.4. The van der Waals surface area contributed by atoms with Gasteiger partial charge in [-0.3, -0.25) is 4.98 Å². The smallest absolute Gasteiger partial charge is 0.128 e. The fraction of sp³-hybridized carbons (Fsp3) is 0.706. The molecule has 1 heterocycles. The van der Waals surface area contributed by atoms with Crippen LogP contribution in [0.2, 0.25) is 0 Å². The molecule has 20 heavy (non-hydrogen) atoms. The molecular formula is C17H28N2O. The van der Waals surface area contributed by atoms with Gasteiger partial charge in [-0.2, -0.15) is 0 Å². The zero-order valence-electron chi connectivity index (χ0n) is 13.2. The van der Waals surface area contributed by atoms with Crippen LogP contribution in [0.1, 0.15) is 55.3 Å². The molecule has 112 valence electrons. The van der Waals surface area contributed by atoms with Crippen LogP contribution >= 0.6 is 0 Å². The predicted octanol–water partition coefficient (Wildman–Crippen LogP) is 3.77. The maximum atomic E-state index is 5.44. The van der Waals surface area contributed by atoms with Crippen molar-refractivity contribution in [2.45, 2.75) is 58.9 Å². The summed E-state index contributed by atoms with van der Waals surface area (Å²) < 4.78 is 5.44. The number of aromatic nitrogens is 1. The Hall–Kier alpha value is -1.09. The van der Waals surface area contributed by atoms with E-state index >= 15 is 0 Å². The summed E-state index contributed by atoms with van der Waals surface area (Å²) in [4.78, 5) is 4.52. The number of nitrogens with one attached hydrogen (secondary N) is 1. The molecule has 1 aliphatic carbocycles. The molecule has 0 atom stereocenters. The molecule has 2 rings (SSSR count). The summed E-state index contributed by atoms with van der Waals surface area (Å²) in [6.07, 6.45) is 10.4. The van der Waals surface area contributed by atoms with Crippen LogP contribution in [-0.4, -0.2) is 18.6 Å². The highest BCUT2D eigenvalue weighted by atomic mass is 16.5. The molecule has 3 heteroatoms. The van der Waals surface area contributed by atoms with Gasteiger partial charge in [-0.25, -0.2) is 0 Å². The minimum absolute atomic E-state index is 0.840. The normalized spacial score (nSPS) is 15.8. The Balaban J connectivity index is 1.73. The van der Waals surface area contributed by atoms with Crippen molar-refractivity contribution < 1.29 is 4.74 Å². The van der Waals surface area contributed by atoms with E-state index in [2.05, 4.69) is 17.2 Å². The van der Waals surface area contributed by atoms with Gasteiger partial charge in [0.25, 0.3) is 0 Å². The SMILES string of the molecule is COc1c(C)cnc(CNCCCC2CCCC2)c1C. The van der Waals surface area contributed by atoms with Crippen LogP contribution in [0.15, 0.2) is 6.20 Å². The topological polar surface area (TPSA) is 34.1 Å². The number of hydrogen-bond donors (Lipinski definition) is 1. The highest BCUT2D eigenvalue weighted by Crippen LogP contribution is 2.28. The van der Waals surface area contributed by atoms with E-state index in [0.717, 1.165) is 41.6 Å². The maximum absolute atomic E-state index is 5.44. The van der Waals surface area contributed by atoms with E-state index in [0.29, 0.717) is 0 Å². The molecule has 0 aromatic carbocycles. The van der Waals surface area contributed by atoms with Crippen LogP contribution in [0.5, 0.6) is 5.75 Å². The van der Waals surface area contributed by atoms with Crippen molar-refractivity contribution in [2.24, 2.45) is 5.92 Å². The Kier molecular flexibility index (Phi) is 5.84. The Morgan fingerprint density at radius 2 is 2.05 bits per heavy atom. The highest BCUT2D eigenvalue weighted by Gasteiger charge is 2.14. The third-order valence-corrected chi connectivity index (χ3v) is 4.48. The van der Waals surface area contributed by atoms with Gasteiger partial charge in [-0.05, 0) is 39.2 Å². The van der Waals surface area contributed by atoms with E-state index in [1.165, 1.54) is 38.5 Å². The molecule has 3 nitrogen and oxygen atoms in total. The van der Waals surface area contributed by atoms with Crippen LogP contribution in [0.4, 0.5) is 0 Å². The molecule has 0 aliphatic heterocycles. The van der Waals surface area contributed by atoms with Gasteiger partial charge in [0.1, 0.15) is 5.75 Å². The van der Waals surface area contributed by atoms with E-state index in [1.54, 1.807) is 7.11 Å². The molecule has 1 fully saturated rings. The Bertz CT molecular complexity index is 425. The second kappa shape index (κ2) is 7.63. The van der Waals surface area contributed by atoms with Crippen molar-refractivity contribution in [1.29, 1.82) is 0 Å². The number of ether oxygens (including phenoxy) is 1. The van der Waals surface area contributed by atoms with Crippen molar-refractivity contribution in [3.63, 3.8) is 0 Å². The van der Waals surface area contributed by atoms with Gasteiger partial charge in [-0.15, -0.1) is 0 Å². The van der Waals surface area contributed by atoms with Crippen LogP contribution < -0.4 is 10.1 Å². The van der Waals surface area contributed by atoms with Gasteiger partial charge in [-0.1, -0.05) is 25.7 Å². The summed E-state index contributed by atoms with van der Waals surface area (Å²) in [5, 5.41) is 3.52. The summed E-state index contributed by atoms with van der Waals surface area (Å²) >= 11 is 0. The van der Waals surface area contributed by atoms with Crippen molar-refractivity contribution in [1.82, 2.24) is 10.3 Å². The third kappa shape index (κ3) is 3.95. The van der Waals surface area contributed by atoms with E-state index in [1.807, 2.05) is 13.1 Å². The molecule has 0 radical (unpaired) electrons. The van der Waals surface area contributed by atoms with Gasteiger partial charge in [0, 0.05) is 23.9 Å². The summed E-state index contributed by atoms with van der Waals surface area (Å²) in [6, 6.07) is 0. The zero-order valence-corrected chi connectivity index (χ0v) is 13.2. The quantitative estimate of drug-likeness (QED) is 0.770. The predicted molar refractivity (Wildman–Crippen MR) is 83.2 cm³/mol. The Morgan fingerprint density at radius 3 is 2.75 bits per heavy atom. The number of hydrogen-bond acceptors (Lipinski definition) is 3. The standard InChI is InChI=1S/C17H28N2O/c1-13-11-19-16(14(2)17(13)20-3)12-18-10-6-9-15-7-4-5-8-15/h11,15,18H,4-10,12H2,1-3H3. The van der Waals surface area contributed by atoms with Crippen molar-refractivity contribution in [3.05, 3.63) is 23.0 Å². The van der Waals surface area contributed by atoms with Gasteiger partial charge in [0.2, 0.25) is 0 Å². The fourth-order valence-electron chi connectivity index (χ4n) is 3.27. The second-order valence-corrected chi connectivity index (χ2v) is 6.02. The van der Waals surface area contributed by atoms with E-state index in [9.17, 15) is 0 Å². The van der Waals surface area contributed by atoms with Crippen molar-refractivity contribution in [3.8, 4) is 5.75 Å². The minimum Gasteiger partial charge on any atom is -0.496 e. The van der Waals surface area contributed by atoms with Crippen LogP contribution in [0, 0.1) is 19.8 Å². The Labute approximate surface area is 123 Å². The van der Waals surface area contributed by atoms with Crippen molar-refractivity contribution >= 4 is 0 Å². The number of nitrogens with zero attached hydrogens (tertiary/aromatic N) is 1. The lowest BCUT2D eigenvalue weighted by atomic mass is 10.0. The first-order chi connectivity index (χ1) is 9.72. The summed E-state index contributed by atoms with van der Waals surface area (Å²) in [5.74, 6) is 1.97. The first kappa shape index (κ1) is 15.3. The number of methoxy groups -OCH3 is 1.